The monoisotopic (exact) mass is 275 g/mol. The SMILES string of the molecule is COc1cc(C)ccc1OCCNC(=O)c1ccco1. The summed E-state index contributed by atoms with van der Waals surface area (Å²) < 4.78 is 15.8. The van der Waals surface area contributed by atoms with Gasteiger partial charge in [-0.05, 0) is 36.8 Å². The minimum Gasteiger partial charge on any atom is -0.493 e. The molecule has 0 spiro atoms. The molecular weight excluding hydrogens is 258 g/mol. The lowest BCUT2D eigenvalue weighted by molar-refractivity contribution is 0.0919. The second-order valence-electron chi connectivity index (χ2n) is 4.24. The lowest BCUT2D eigenvalue weighted by Crippen LogP contribution is -2.27. The average molecular weight is 275 g/mol. The molecular formula is C15H17NO4. The molecule has 1 aromatic carbocycles. The number of furan rings is 1. The fraction of sp³-hybridized carbons (Fsp3) is 0.267. The van der Waals surface area contributed by atoms with Crippen molar-refractivity contribution in [3.05, 3.63) is 47.9 Å². The number of ether oxygens (including phenoxy) is 2. The van der Waals surface area contributed by atoms with E-state index in [0.717, 1.165) is 5.56 Å². The first kappa shape index (κ1) is 14.0. The van der Waals surface area contributed by atoms with Crippen molar-refractivity contribution in [2.45, 2.75) is 6.92 Å². The first-order valence-electron chi connectivity index (χ1n) is 6.30. The Morgan fingerprint density at radius 2 is 2.15 bits per heavy atom. The zero-order chi connectivity index (χ0) is 14.4. The Balaban J connectivity index is 1.80. The number of hydrogen-bond donors (Lipinski definition) is 1. The molecule has 0 fully saturated rings. The van der Waals surface area contributed by atoms with Crippen molar-refractivity contribution in [2.75, 3.05) is 20.3 Å². The van der Waals surface area contributed by atoms with Crippen LogP contribution in [0.2, 0.25) is 0 Å². The molecule has 2 aromatic rings. The molecule has 5 heteroatoms. The van der Waals surface area contributed by atoms with E-state index in [0.29, 0.717) is 24.7 Å². The van der Waals surface area contributed by atoms with E-state index in [-0.39, 0.29) is 11.7 Å². The molecule has 5 nitrogen and oxygen atoms in total. The number of amides is 1. The number of carbonyl (C=O) groups excluding carboxylic acids is 1. The summed E-state index contributed by atoms with van der Waals surface area (Å²) >= 11 is 0. The van der Waals surface area contributed by atoms with Crippen molar-refractivity contribution >= 4 is 5.91 Å². The maximum Gasteiger partial charge on any atom is 0.287 e. The number of nitrogens with one attached hydrogen (secondary N) is 1. The van der Waals surface area contributed by atoms with Gasteiger partial charge in [-0.2, -0.15) is 0 Å². The van der Waals surface area contributed by atoms with Gasteiger partial charge in [-0.25, -0.2) is 0 Å². The zero-order valence-electron chi connectivity index (χ0n) is 11.5. The van der Waals surface area contributed by atoms with Gasteiger partial charge in [0, 0.05) is 0 Å². The van der Waals surface area contributed by atoms with Gasteiger partial charge in [0.25, 0.3) is 5.91 Å². The molecule has 0 saturated carbocycles. The molecule has 0 saturated heterocycles. The summed E-state index contributed by atoms with van der Waals surface area (Å²) in [6, 6.07) is 8.97. The summed E-state index contributed by atoms with van der Waals surface area (Å²) in [5.41, 5.74) is 1.10. The van der Waals surface area contributed by atoms with E-state index in [1.165, 1.54) is 6.26 Å². The van der Waals surface area contributed by atoms with Gasteiger partial charge < -0.3 is 19.2 Å². The van der Waals surface area contributed by atoms with Crippen molar-refractivity contribution in [1.29, 1.82) is 0 Å². The third-order valence-electron chi connectivity index (χ3n) is 2.71. The van der Waals surface area contributed by atoms with E-state index in [9.17, 15) is 4.79 Å². The number of benzene rings is 1. The van der Waals surface area contributed by atoms with Gasteiger partial charge in [-0.1, -0.05) is 6.07 Å². The molecule has 2 rings (SSSR count). The van der Waals surface area contributed by atoms with Crippen molar-refractivity contribution < 1.29 is 18.7 Å². The quantitative estimate of drug-likeness (QED) is 0.822. The molecule has 1 heterocycles. The van der Waals surface area contributed by atoms with Gasteiger partial charge in [-0.3, -0.25) is 4.79 Å². The number of rotatable bonds is 6. The highest BCUT2D eigenvalue weighted by molar-refractivity contribution is 5.91. The topological polar surface area (TPSA) is 60.7 Å². The standard InChI is InChI=1S/C15H17NO4/c1-11-5-6-12(14(10-11)18-2)20-9-7-16-15(17)13-4-3-8-19-13/h3-6,8,10H,7,9H2,1-2H3,(H,16,17). The Morgan fingerprint density at radius 3 is 2.85 bits per heavy atom. The van der Waals surface area contributed by atoms with Crippen molar-refractivity contribution in [3.63, 3.8) is 0 Å². The summed E-state index contributed by atoms with van der Waals surface area (Å²) in [7, 11) is 1.60. The minimum absolute atomic E-state index is 0.255. The highest BCUT2D eigenvalue weighted by Crippen LogP contribution is 2.27. The molecule has 0 atom stereocenters. The van der Waals surface area contributed by atoms with Crippen LogP contribution in [-0.2, 0) is 0 Å². The van der Waals surface area contributed by atoms with Crippen LogP contribution in [0.25, 0.3) is 0 Å². The lowest BCUT2D eigenvalue weighted by atomic mass is 10.2. The van der Waals surface area contributed by atoms with E-state index in [1.54, 1.807) is 19.2 Å². The highest BCUT2D eigenvalue weighted by Gasteiger charge is 2.08. The predicted molar refractivity (Wildman–Crippen MR) is 74.3 cm³/mol. The van der Waals surface area contributed by atoms with Crippen molar-refractivity contribution in [3.8, 4) is 11.5 Å². The normalized spacial score (nSPS) is 10.1. The Bertz CT molecular complexity index is 563. The molecule has 0 aliphatic carbocycles. The van der Waals surface area contributed by atoms with Crippen LogP contribution in [0.1, 0.15) is 16.1 Å². The molecule has 1 aromatic heterocycles. The highest BCUT2D eigenvalue weighted by atomic mass is 16.5. The number of aryl methyl sites for hydroxylation is 1. The van der Waals surface area contributed by atoms with E-state index in [2.05, 4.69) is 5.32 Å². The maximum absolute atomic E-state index is 11.6. The van der Waals surface area contributed by atoms with E-state index in [4.69, 9.17) is 13.9 Å². The largest absolute Gasteiger partial charge is 0.493 e. The molecule has 0 bridgehead atoms. The van der Waals surface area contributed by atoms with Gasteiger partial charge in [0.2, 0.25) is 0 Å². The summed E-state index contributed by atoms with van der Waals surface area (Å²) in [5, 5.41) is 2.71. The van der Waals surface area contributed by atoms with Gasteiger partial charge in [0.05, 0.1) is 19.9 Å². The van der Waals surface area contributed by atoms with Crippen LogP contribution in [0.4, 0.5) is 0 Å². The third-order valence-corrected chi connectivity index (χ3v) is 2.71. The average Bonchev–Trinajstić information content (AvgIpc) is 2.98. The van der Waals surface area contributed by atoms with Crippen LogP contribution in [0.3, 0.4) is 0 Å². The minimum atomic E-state index is -0.255. The molecule has 0 aliphatic rings. The molecule has 1 N–H and O–H groups in total. The van der Waals surface area contributed by atoms with E-state index in [1.807, 2.05) is 25.1 Å². The first-order chi connectivity index (χ1) is 9.70. The van der Waals surface area contributed by atoms with Gasteiger partial charge in [0.1, 0.15) is 6.61 Å². The molecule has 20 heavy (non-hydrogen) atoms. The fourth-order valence-corrected chi connectivity index (χ4v) is 1.71. The summed E-state index contributed by atoms with van der Waals surface area (Å²) in [6.07, 6.45) is 1.46. The smallest absolute Gasteiger partial charge is 0.287 e. The Labute approximate surface area is 117 Å². The number of methoxy groups -OCH3 is 1. The summed E-state index contributed by atoms with van der Waals surface area (Å²) in [5.74, 6) is 1.38. The van der Waals surface area contributed by atoms with Gasteiger partial charge >= 0.3 is 0 Å². The molecule has 0 radical (unpaired) electrons. The Kier molecular flexibility index (Phi) is 4.65. The summed E-state index contributed by atoms with van der Waals surface area (Å²) in [4.78, 5) is 11.6. The van der Waals surface area contributed by atoms with Crippen LogP contribution < -0.4 is 14.8 Å². The van der Waals surface area contributed by atoms with Crippen LogP contribution in [-0.4, -0.2) is 26.2 Å². The van der Waals surface area contributed by atoms with Crippen LogP contribution >= 0.6 is 0 Å². The van der Waals surface area contributed by atoms with Crippen LogP contribution in [0.15, 0.2) is 41.0 Å². The molecule has 0 aliphatic heterocycles. The van der Waals surface area contributed by atoms with Gasteiger partial charge in [0.15, 0.2) is 17.3 Å². The molecule has 1 amide bonds. The Hall–Kier alpha value is -2.43. The van der Waals surface area contributed by atoms with Gasteiger partial charge in [-0.15, -0.1) is 0 Å². The predicted octanol–water partition coefficient (Wildman–Crippen LogP) is 2.41. The van der Waals surface area contributed by atoms with E-state index >= 15 is 0 Å². The second-order valence-corrected chi connectivity index (χ2v) is 4.24. The van der Waals surface area contributed by atoms with Crippen molar-refractivity contribution in [1.82, 2.24) is 5.32 Å². The number of hydrogen-bond acceptors (Lipinski definition) is 4. The second kappa shape index (κ2) is 6.65. The Morgan fingerprint density at radius 1 is 1.30 bits per heavy atom. The van der Waals surface area contributed by atoms with E-state index < -0.39 is 0 Å². The summed E-state index contributed by atoms with van der Waals surface area (Å²) in [6.45, 7) is 2.72. The first-order valence-corrected chi connectivity index (χ1v) is 6.30. The van der Waals surface area contributed by atoms with Crippen LogP contribution in [0.5, 0.6) is 11.5 Å². The fourth-order valence-electron chi connectivity index (χ4n) is 1.71. The lowest BCUT2D eigenvalue weighted by Gasteiger charge is -2.11. The number of carbonyl (C=O) groups is 1. The van der Waals surface area contributed by atoms with Crippen molar-refractivity contribution in [2.24, 2.45) is 0 Å². The zero-order valence-corrected chi connectivity index (χ0v) is 11.5. The van der Waals surface area contributed by atoms with Crippen LogP contribution in [0, 0.1) is 6.92 Å². The molecule has 0 unspecified atom stereocenters. The maximum atomic E-state index is 11.6. The molecule has 106 valence electrons. The third kappa shape index (κ3) is 3.54.